The zero-order chi connectivity index (χ0) is 13.2. The van der Waals surface area contributed by atoms with Gasteiger partial charge < -0.3 is 5.32 Å². The second-order valence-electron chi connectivity index (χ2n) is 4.45. The molecule has 0 radical (unpaired) electrons. The molecule has 0 bridgehead atoms. The number of sulfonamides is 1. The van der Waals surface area contributed by atoms with Gasteiger partial charge in [0.25, 0.3) is 10.0 Å². The molecule has 1 saturated carbocycles. The van der Waals surface area contributed by atoms with E-state index in [1.54, 1.807) is 23.5 Å². The number of rotatable bonds is 6. The molecule has 1 aromatic rings. The number of hydrogen-bond donors (Lipinski definition) is 1. The maximum absolute atomic E-state index is 12.6. The Balaban J connectivity index is 2.39. The molecule has 2 rings (SSSR count). The predicted octanol–water partition coefficient (Wildman–Crippen LogP) is 1.69. The zero-order valence-corrected chi connectivity index (χ0v) is 11.6. The van der Waals surface area contributed by atoms with Crippen LogP contribution in [-0.4, -0.2) is 37.3 Å². The van der Waals surface area contributed by atoms with Gasteiger partial charge in [0.05, 0.1) is 5.69 Å². The average molecular weight is 269 g/mol. The minimum Gasteiger partial charge on any atom is -0.386 e. The third-order valence-electron chi connectivity index (χ3n) is 2.99. The lowest BCUT2D eigenvalue weighted by Gasteiger charge is -2.21. The van der Waals surface area contributed by atoms with E-state index in [-0.39, 0.29) is 11.1 Å². The van der Waals surface area contributed by atoms with Crippen molar-refractivity contribution < 1.29 is 8.42 Å². The van der Waals surface area contributed by atoms with Crippen molar-refractivity contribution in [3.63, 3.8) is 0 Å². The molecule has 1 aromatic heterocycles. The molecule has 0 aliphatic heterocycles. The van der Waals surface area contributed by atoms with E-state index < -0.39 is 10.0 Å². The fourth-order valence-corrected chi connectivity index (χ4v) is 3.87. The largest absolute Gasteiger partial charge is 0.386 e. The Kier molecular flexibility index (Phi) is 3.87. The van der Waals surface area contributed by atoms with Crippen LogP contribution in [-0.2, 0) is 10.0 Å². The molecule has 0 saturated heterocycles. The second-order valence-corrected chi connectivity index (χ2v) is 6.26. The van der Waals surface area contributed by atoms with Crippen LogP contribution in [0.4, 0.5) is 5.69 Å². The highest BCUT2D eigenvalue weighted by Gasteiger charge is 2.38. The van der Waals surface area contributed by atoms with Crippen LogP contribution in [0.25, 0.3) is 0 Å². The van der Waals surface area contributed by atoms with Crippen LogP contribution in [0.5, 0.6) is 0 Å². The quantitative estimate of drug-likeness (QED) is 0.853. The molecular weight excluding hydrogens is 250 g/mol. The molecule has 0 aromatic carbocycles. The summed E-state index contributed by atoms with van der Waals surface area (Å²) in [6.07, 6.45) is 4.25. The normalized spacial score (nSPS) is 15.9. The van der Waals surface area contributed by atoms with Crippen molar-refractivity contribution in [2.75, 3.05) is 18.9 Å². The summed E-state index contributed by atoms with van der Waals surface area (Å²) >= 11 is 0. The Morgan fingerprint density at radius 1 is 1.50 bits per heavy atom. The monoisotopic (exact) mass is 269 g/mol. The molecule has 1 fully saturated rings. The first-order valence-electron chi connectivity index (χ1n) is 6.26. The summed E-state index contributed by atoms with van der Waals surface area (Å²) in [5.74, 6) is 0. The number of pyridine rings is 1. The predicted molar refractivity (Wildman–Crippen MR) is 71.0 cm³/mol. The molecule has 0 amide bonds. The van der Waals surface area contributed by atoms with Crippen molar-refractivity contribution in [2.45, 2.75) is 37.3 Å². The van der Waals surface area contributed by atoms with E-state index in [1.807, 2.05) is 6.92 Å². The van der Waals surface area contributed by atoms with Crippen molar-refractivity contribution in [3.8, 4) is 0 Å². The van der Waals surface area contributed by atoms with Crippen molar-refractivity contribution in [2.24, 2.45) is 0 Å². The molecule has 100 valence electrons. The van der Waals surface area contributed by atoms with Gasteiger partial charge in [0.2, 0.25) is 0 Å². The molecule has 0 spiro atoms. The first-order valence-corrected chi connectivity index (χ1v) is 7.70. The first kappa shape index (κ1) is 13.3. The molecule has 0 unspecified atom stereocenters. The summed E-state index contributed by atoms with van der Waals surface area (Å²) in [7, 11) is -1.78. The zero-order valence-electron chi connectivity index (χ0n) is 10.8. The standard InChI is InChI=1S/C12H19N3O2S/c1-3-9-15(10-6-7-10)18(16,17)12-11(13-2)5-4-8-14-12/h4-5,8,10,13H,3,6-7,9H2,1-2H3. The molecule has 18 heavy (non-hydrogen) atoms. The molecule has 1 N–H and O–H groups in total. The van der Waals surface area contributed by atoms with E-state index in [1.165, 1.54) is 6.20 Å². The van der Waals surface area contributed by atoms with Gasteiger partial charge in [-0.25, -0.2) is 13.4 Å². The molecule has 1 heterocycles. The first-order chi connectivity index (χ1) is 8.61. The highest BCUT2D eigenvalue weighted by atomic mass is 32.2. The highest BCUT2D eigenvalue weighted by molar-refractivity contribution is 7.89. The third kappa shape index (κ3) is 2.49. The lowest BCUT2D eigenvalue weighted by molar-refractivity contribution is 0.401. The highest BCUT2D eigenvalue weighted by Crippen LogP contribution is 2.33. The average Bonchev–Trinajstić information content (AvgIpc) is 3.19. The second kappa shape index (κ2) is 5.24. The molecule has 0 atom stereocenters. The van der Waals surface area contributed by atoms with Gasteiger partial charge in [-0.05, 0) is 31.4 Å². The number of nitrogens with zero attached hydrogens (tertiary/aromatic N) is 2. The van der Waals surface area contributed by atoms with Crippen LogP contribution in [0, 0.1) is 0 Å². The van der Waals surface area contributed by atoms with E-state index in [2.05, 4.69) is 10.3 Å². The Hall–Kier alpha value is -1.14. The summed E-state index contributed by atoms with van der Waals surface area (Å²) in [6, 6.07) is 3.63. The number of aromatic nitrogens is 1. The van der Waals surface area contributed by atoms with E-state index >= 15 is 0 Å². The van der Waals surface area contributed by atoms with Crippen LogP contribution in [0.15, 0.2) is 23.4 Å². The minimum atomic E-state index is -3.48. The Bertz CT molecular complexity index is 512. The van der Waals surface area contributed by atoms with Gasteiger partial charge in [-0.15, -0.1) is 0 Å². The number of nitrogens with one attached hydrogen (secondary N) is 1. The lowest BCUT2D eigenvalue weighted by atomic mass is 10.4. The molecular formula is C12H19N3O2S. The van der Waals surface area contributed by atoms with Crippen LogP contribution in [0.1, 0.15) is 26.2 Å². The fraction of sp³-hybridized carbons (Fsp3) is 0.583. The van der Waals surface area contributed by atoms with Gasteiger partial charge in [0.1, 0.15) is 0 Å². The summed E-state index contributed by atoms with van der Waals surface area (Å²) in [4.78, 5) is 4.04. The van der Waals surface area contributed by atoms with Crippen molar-refractivity contribution in [3.05, 3.63) is 18.3 Å². The van der Waals surface area contributed by atoms with Crippen LogP contribution in [0.3, 0.4) is 0 Å². The van der Waals surface area contributed by atoms with Gasteiger partial charge >= 0.3 is 0 Å². The fourth-order valence-electron chi connectivity index (χ4n) is 1.98. The molecule has 1 aliphatic rings. The van der Waals surface area contributed by atoms with Crippen molar-refractivity contribution >= 4 is 15.7 Å². The number of hydrogen-bond acceptors (Lipinski definition) is 4. The van der Waals surface area contributed by atoms with Gasteiger partial charge in [0, 0.05) is 25.8 Å². The summed E-state index contributed by atoms with van der Waals surface area (Å²) in [5, 5.41) is 3.02. The van der Waals surface area contributed by atoms with Crippen LogP contribution in [0.2, 0.25) is 0 Å². The van der Waals surface area contributed by atoms with E-state index in [9.17, 15) is 8.42 Å². The van der Waals surface area contributed by atoms with Gasteiger partial charge in [-0.3, -0.25) is 0 Å². The van der Waals surface area contributed by atoms with Gasteiger partial charge in [0.15, 0.2) is 5.03 Å². The number of anilines is 1. The smallest absolute Gasteiger partial charge is 0.262 e. The van der Waals surface area contributed by atoms with Gasteiger partial charge in [-0.2, -0.15) is 4.31 Å². The molecule has 1 aliphatic carbocycles. The summed E-state index contributed by atoms with van der Waals surface area (Å²) in [5.41, 5.74) is 0.555. The van der Waals surface area contributed by atoms with Crippen LogP contribution >= 0.6 is 0 Å². The summed E-state index contributed by atoms with van der Waals surface area (Å²) < 4.78 is 26.8. The maximum atomic E-state index is 12.6. The molecule has 5 nitrogen and oxygen atoms in total. The maximum Gasteiger partial charge on any atom is 0.262 e. The van der Waals surface area contributed by atoms with Crippen LogP contribution < -0.4 is 5.32 Å². The summed E-state index contributed by atoms with van der Waals surface area (Å²) in [6.45, 7) is 2.55. The van der Waals surface area contributed by atoms with Crippen molar-refractivity contribution in [1.29, 1.82) is 0 Å². The minimum absolute atomic E-state index is 0.132. The third-order valence-corrected chi connectivity index (χ3v) is 4.90. The van der Waals surface area contributed by atoms with Gasteiger partial charge in [-0.1, -0.05) is 6.92 Å². The van der Waals surface area contributed by atoms with E-state index in [0.717, 1.165) is 19.3 Å². The Morgan fingerprint density at radius 3 is 2.78 bits per heavy atom. The Labute approximate surface area is 108 Å². The Morgan fingerprint density at radius 2 is 2.22 bits per heavy atom. The topological polar surface area (TPSA) is 62.3 Å². The SMILES string of the molecule is CCCN(C1CC1)S(=O)(=O)c1ncccc1NC. The lowest BCUT2D eigenvalue weighted by Crippen LogP contribution is -2.34. The van der Waals surface area contributed by atoms with Crippen molar-refractivity contribution in [1.82, 2.24) is 9.29 Å². The van der Waals surface area contributed by atoms with E-state index in [0.29, 0.717) is 12.2 Å². The van der Waals surface area contributed by atoms with E-state index in [4.69, 9.17) is 0 Å². The molecule has 6 heteroatoms.